The number of hydrogen-bond acceptors (Lipinski definition) is 8. The number of thioether (sulfide) groups is 1. The van der Waals surface area contributed by atoms with Crippen LogP contribution in [0.1, 0.15) is 32.1 Å². The monoisotopic (exact) mass is 460 g/mol. The third-order valence-electron chi connectivity index (χ3n) is 6.68. The smallest absolute Gasteiger partial charge is 0.240 e. The van der Waals surface area contributed by atoms with E-state index in [0.717, 1.165) is 37.6 Å². The molecule has 0 aromatic rings. The fraction of sp³-hybridized carbons (Fsp3) is 0.857. The van der Waals surface area contributed by atoms with E-state index in [0.29, 0.717) is 18.9 Å². The van der Waals surface area contributed by atoms with Crippen molar-refractivity contribution in [3.63, 3.8) is 0 Å². The number of carbonyl (C=O) groups excluding carboxylic acids is 1. The Labute approximate surface area is 185 Å². The van der Waals surface area contributed by atoms with Crippen molar-refractivity contribution < 1.29 is 34.0 Å². The maximum absolute atomic E-state index is 14.1. The molecule has 31 heavy (non-hydrogen) atoms. The van der Waals surface area contributed by atoms with E-state index in [1.165, 1.54) is 0 Å². The van der Waals surface area contributed by atoms with Gasteiger partial charge in [0.1, 0.15) is 42.1 Å². The highest BCUT2D eigenvalue weighted by atomic mass is 32.2. The van der Waals surface area contributed by atoms with Gasteiger partial charge in [-0.05, 0) is 31.6 Å². The third-order valence-corrected chi connectivity index (χ3v) is 7.95. The topological polar surface area (TPSA) is 120 Å². The summed E-state index contributed by atoms with van der Waals surface area (Å²) < 4.78 is 25.9. The maximum atomic E-state index is 14.1. The fourth-order valence-electron chi connectivity index (χ4n) is 4.90. The van der Waals surface area contributed by atoms with Crippen molar-refractivity contribution in [3.8, 4) is 0 Å². The van der Waals surface area contributed by atoms with Crippen LogP contribution < -0.4 is 10.6 Å². The van der Waals surface area contributed by atoms with Gasteiger partial charge in [0.2, 0.25) is 5.91 Å². The lowest BCUT2D eigenvalue weighted by Gasteiger charge is -2.43. The molecule has 4 heterocycles. The second-order valence-corrected chi connectivity index (χ2v) is 10.0. The van der Waals surface area contributed by atoms with Gasteiger partial charge < -0.3 is 35.4 Å². The van der Waals surface area contributed by atoms with E-state index in [9.17, 15) is 24.5 Å². The van der Waals surface area contributed by atoms with Crippen LogP contribution in [0.5, 0.6) is 0 Å². The molecule has 0 aromatic carbocycles. The molecule has 3 saturated heterocycles. The predicted molar refractivity (Wildman–Crippen MR) is 113 cm³/mol. The van der Waals surface area contributed by atoms with E-state index in [1.54, 1.807) is 12.2 Å². The fourth-order valence-corrected chi connectivity index (χ4v) is 6.00. The van der Waals surface area contributed by atoms with Crippen LogP contribution in [-0.4, -0.2) is 94.3 Å². The summed E-state index contributed by atoms with van der Waals surface area (Å²) in [7, 11) is 0. The van der Waals surface area contributed by atoms with Gasteiger partial charge in [0, 0.05) is 18.9 Å². The highest BCUT2D eigenvalue weighted by Gasteiger charge is 2.48. The summed E-state index contributed by atoms with van der Waals surface area (Å²) in [5, 5.41) is 37.5. The van der Waals surface area contributed by atoms with E-state index in [2.05, 4.69) is 10.6 Å². The number of halogens is 1. The van der Waals surface area contributed by atoms with E-state index in [-0.39, 0.29) is 24.2 Å². The van der Waals surface area contributed by atoms with E-state index in [1.807, 2.05) is 0 Å². The Morgan fingerprint density at radius 2 is 1.90 bits per heavy atom. The van der Waals surface area contributed by atoms with Crippen LogP contribution in [0.25, 0.3) is 0 Å². The number of aliphatic hydroxyl groups is 3. The number of allylic oxidation sites excluding steroid dienone is 1. The molecule has 4 aliphatic rings. The summed E-state index contributed by atoms with van der Waals surface area (Å²) in [5.41, 5.74) is -0.890. The molecule has 8 nitrogen and oxygen atoms in total. The zero-order chi connectivity index (χ0) is 22.0. The van der Waals surface area contributed by atoms with Crippen molar-refractivity contribution in [2.45, 2.75) is 86.3 Å². The molecule has 10 heteroatoms. The molecule has 176 valence electrons. The van der Waals surface area contributed by atoms with Crippen molar-refractivity contribution in [3.05, 3.63) is 12.2 Å². The molecular formula is C21H33FN2O6S. The molecule has 2 bridgehead atoms. The first-order valence-corrected chi connectivity index (χ1v) is 12.3. The van der Waals surface area contributed by atoms with Gasteiger partial charge in [0.25, 0.3) is 0 Å². The van der Waals surface area contributed by atoms with Gasteiger partial charge in [-0.25, -0.2) is 4.39 Å². The van der Waals surface area contributed by atoms with Crippen LogP contribution in [0.3, 0.4) is 0 Å². The number of hydrogen-bond donors (Lipinski definition) is 5. The van der Waals surface area contributed by atoms with Gasteiger partial charge in [-0.3, -0.25) is 4.79 Å². The Kier molecular flexibility index (Phi) is 7.90. The van der Waals surface area contributed by atoms with E-state index in [4.69, 9.17) is 9.47 Å². The molecule has 0 spiro atoms. The van der Waals surface area contributed by atoms with Crippen LogP contribution in [0, 0.1) is 5.92 Å². The molecule has 0 radical (unpaired) electrons. The molecule has 9 unspecified atom stereocenters. The number of alkyl halides is 1. The zero-order valence-corrected chi connectivity index (χ0v) is 18.3. The lowest BCUT2D eigenvalue weighted by molar-refractivity contribution is -0.205. The first-order valence-electron chi connectivity index (χ1n) is 11.2. The summed E-state index contributed by atoms with van der Waals surface area (Å²) in [6, 6.07) is -1.14. The summed E-state index contributed by atoms with van der Waals surface area (Å²) in [5.74, 6) is 0.151. The Balaban J connectivity index is 1.50. The van der Waals surface area contributed by atoms with Crippen LogP contribution in [-0.2, 0) is 14.3 Å². The summed E-state index contributed by atoms with van der Waals surface area (Å²) >= 11 is 1.07. The number of rotatable bonds is 2. The largest absolute Gasteiger partial charge is 0.388 e. The van der Waals surface area contributed by atoms with Gasteiger partial charge in [-0.15, -0.1) is 11.8 Å². The van der Waals surface area contributed by atoms with Gasteiger partial charge >= 0.3 is 0 Å². The average Bonchev–Trinajstić information content (AvgIpc) is 3.00. The molecular weight excluding hydrogens is 427 g/mol. The average molecular weight is 461 g/mol. The van der Waals surface area contributed by atoms with Gasteiger partial charge in [-0.2, -0.15) is 0 Å². The van der Waals surface area contributed by atoms with Crippen molar-refractivity contribution in [2.24, 2.45) is 5.92 Å². The minimum atomic E-state index is -1.45. The molecule has 1 amide bonds. The highest BCUT2D eigenvalue weighted by Crippen LogP contribution is 2.33. The van der Waals surface area contributed by atoms with Crippen LogP contribution in [0.2, 0.25) is 0 Å². The molecule has 5 N–H and O–H groups in total. The van der Waals surface area contributed by atoms with Gasteiger partial charge in [0.05, 0.1) is 12.1 Å². The Hall–Kier alpha value is -0.750. The van der Waals surface area contributed by atoms with Crippen LogP contribution in [0.15, 0.2) is 12.2 Å². The number of aliphatic hydroxyl groups excluding tert-OH is 3. The first-order chi connectivity index (χ1) is 15.0. The molecule has 4 aliphatic heterocycles. The number of amides is 1. The summed E-state index contributed by atoms with van der Waals surface area (Å²) in [6.07, 6.45) is 0.690. The molecule has 3 fully saturated rings. The number of ether oxygens (including phenoxy) is 2. The second-order valence-electron chi connectivity index (χ2n) is 8.91. The lowest BCUT2D eigenvalue weighted by atomic mass is 9.92. The molecule has 0 aliphatic carbocycles. The molecule has 0 saturated carbocycles. The van der Waals surface area contributed by atoms with Gasteiger partial charge in [0.15, 0.2) is 0 Å². The minimum absolute atomic E-state index is 0.102. The van der Waals surface area contributed by atoms with Crippen molar-refractivity contribution in [2.75, 3.05) is 18.9 Å². The third kappa shape index (κ3) is 5.26. The van der Waals surface area contributed by atoms with Crippen molar-refractivity contribution >= 4 is 17.7 Å². The van der Waals surface area contributed by atoms with Crippen LogP contribution in [0.4, 0.5) is 4.39 Å². The molecule has 10 atom stereocenters. The summed E-state index contributed by atoms with van der Waals surface area (Å²) in [6.45, 7) is 1.36. The Bertz CT molecular complexity index is 657. The van der Waals surface area contributed by atoms with Crippen LogP contribution >= 0.6 is 11.8 Å². The number of nitrogens with one attached hydrogen (secondary N) is 2. The zero-order valence-electron chi connectivity index (χ0n) is 17.4. The number of carbonyl (C=O) groups is 1. The van der Waals surface area contributed by atoms with E-state index >= 15 is 0 Å². The van der Waals surface area contributed by atoms with Crippen molar-refractivity contribution in [1.82, 2.24) is 10.6 Å². The molecule has 4 rings (SSSR count). The minimum Gasteiger partial charge on any atom is -0.388 e. The Morgan fingerprint density at radius 1 is 1.10 bits per heavy atom. The second kappa shape index (κ2) is 10.5. The molecule has 0 aromatic heterocycles. The summed E-state index contributed by atoms with van der Waals surface area (Å²) in [4.78, 5) is 13.2. The van der Waals surface area contributed by atoms with Gasteiger partial charge in [-0.1, -0.05) is 18.6 Å². The SMILES string of the molecule is O=C(N[C@@H]1C/C=C\CC(F)CSC2OC1C(O)C(O)C2O)C1NCC2CCCCOC21. The normalized spacial score (nSPS) is 47.5. The number of fused-ring (bicyclic) bond motifs is 3. The van der Waals surface area contributed by atoms with E-state index < -0.39 is 48.1 Å². The Morgan fingerprint density at radius 3 is 2.74 bits per heavy atom. The predicted octanol–water partition coefficient (Wildman–Crippen LogP) is -0.143. The quantitative estimate of drug-likeness (QED) is 0.361. The highest BCUT2D eigenvalue weighted by molar-refractivity contribution is 7.99. The standard InChI is InChI=1S/C21H33FN2O6S/c22-12-6-1-2-7-13(19-16(26)15(25)17(27)21(30-19)31-10-12)24-20(28)14-18-11(9-23-14)5-3-4-8-29-18/h1-2,11-19,21,23,25-27H,3-10H2,(H,24,28)/b2-1-/t11?,12?,13-,14?,15?,16?,17?,18?,19?,21?/m1/s1. The first kappa shape index (κ1) is 23.4. The van der Waals surface area contributed by atoms with Crippen molar-refractivity contribution in [1.29, 1.82) is 0 Å². The maximum Gasteiger partial charge on any atom is 0.240 e. The lowest BCUT2D eigenvalue weighted by Crippen LogP contribution is -2.63.